The first-order valence-corrected chi connectivity index (χ1v) is 6.29. The van der Waals surface area contributed by atoms with E-state index in [1.165, 1.54) is 0 Å². The minimum Gasteiger partial charge on any atom is -0.246 e. The van der Waals surface area contributed by atoms with Crippen LogP contribution in [-0.2, 0) is 6.42 Å². The standard InChI is InChI=1S/C10H9Cl2N3S/c1-5-9(11)14-8(15-10(5)12)3-7-4-16-6(2)13-7/h4H,3H2,1-2H3. The first-order valence-electron chi connectivity index (χ1n) is 4.66. The lowest BCUT2D eigenvalue weighted by Crippen LogP contribution is -1.99. The van der Waals surface area contributed by atoms with Crippen LogP contribution in [0.4, 0.5) is 0 Å². The van der Waals surface area contributed by atoms with Crippen LogP contribution in [0.1, 0.15) is 22.1 Å². The summed E-state index contributed by atoms with van der Waals surface area (Å²) in [7, 11) is 0. The Balaban J connectivity index is 2.28. The van der Waals surface area contributed by atoms with Crippen molar-refractivity contribution < 1.29 is 0 Å². The van der Waals surface area contributed by atoms with Crippen LogP contribution in [0.15, 0.2) is 5.38 Å². The second-order valence-corrected chi connectivity index (χ2v) is 5.16. The fourth-order valence-corrected chi connectivity index (χ4v) is 2.27. The molecular weight excluding hydrogens is 265 g/mol. The molecule has 2 aromatic rings. The number of aryl methyl sites for hydroxylation is 1. The largest absolute Gasteiger partial charge is 0.246 e. The average Bonchev–Trinajstić information content (AvgIpc) is 2.60. The van der Waals surface area contributed by atoms with Crippen molar-refractivity contribution >= 4 is 34.5 Å². The number of hydrogen-bond acceptors (Lipinski definition) is 4. The van der Waals surface area contributed by atoms with Crippen molar-refractivity contribution in [2.24, 2.45) is 0 Å². The van der Waals surface area contributed by atoms with Crippen molar-refractivity contribution in [2.75, 3.05) is 0 Å². The topological polar surface area (TPSA) is 38.7 Å². The van der Waals surface area contributed by atoms with E-state index in [0.29, 0.717) is 28.1 Å². The normalized spacial score (nSPS) is 10.8. The van der Waals surface area contributed by atoms with E-state index in [1.807, 2.05) is 12.3 Å². The van der Waals surface area contributed by atoms with Gasteiger partial charge in [-0.1, -0.05) is 23.2 Å². The third kappa shape index (κ3) is 2.51. The molecular formula is C10H9Cl2N3S. The molecule has 0 saturated carbocycles. The summed E-state index contributed by atoms with van der Waals surface area (Å²) in [6, 6.07) is 0. The van der Waals surface area contributed by atoms with Gasteiger partial charge in [0.25, 0.3) is 0 Å². The molecule has 0 N–H and O–H groups in total. The number of halogens is 2. The second kappa shape index (κ2) is 4.65. The van der Waals surface area contributed by atoms with Gasteiger partial charge in [0.15, 0.2) is 0 Å². The lowest BCUT2D eigenvalue weighted by atomic mass is 10.3. The highest BCUT2D eigenvalue weighted by Gasteiger charge is 2.09. The highest BCUT2D eigenvalue weighted by Crippen LogP contribution is 2.21. The molecule has 3 nitrogen and oxygen atoms in total. The smallest absolute Gasteiger partial charge is 0.137 e. The molecule has 0 fully saturated rings. The summed E-state index contributed by atoms with van der Waals surface area (Å²) < 4.78 is 0. The lowest BCUT2D eigenvalue weighted by molar-refractivity contribution is 0.931. The van der Waals surface area contributed by atoms with Crippen LogP contribution in [0, 0.1) is 13.8 Å². The molecule has 0 radical (unpaired) electrons. The molecule has 0 aromatic carbocycles. The minimum absolute atomic E-state index is 0.405. The van der Waals surface area contributed by atoms with Gasteiger partial charge < -0.3 is 0 Å². The molecule has 2 heterocycles. The molecule has 0 aliphatic heterocycles. The van der Waals surface area contributed by atoms with Gasteiger partial charge in [0.2, 0.25) is 0 Å². The molecule has 0 atom stereocenters. The fraction of sp³-hybridized carbons (Fsp3) is 0.300. The monoisotopic (exact) mass is 273 g/mol. The molecule has 0 aliphatic carbocycles. The molecule has 2 aromatic heterocycles. The van der Waals surface area contributed by atoms with Gasteiger partial charge >= 0.3 is 0 Å². The van der Waals surface area contributed by atoms with Gasteiger partial charge in [-0.2, -0.15) is 0 Å². The Kier molecular flexibility index (Phi) is 3.42. The molecule has 6 heteroatoms. The maximum Gasteiger partial charge on any atom is 0.137 e. The van der Waals surface area contributed by atoms with Crippen LogP contribution < -0.4 is 0 Å². The van der Waals surface area contributed by atoms with Crippen LogP contribution in [0.2, 0.25) is 10.3 Å². The third-order valence-electron chi connectivity index (χ3n) is 2.08. The second-order valence-electron chi connectivity index (χ2n) is 3.38. The van der Waals surface area contributed by atoms with Crippen LogP contribution in [0.25, 0.3) is 0 Å². The van der Waals surface area contributed by atoms with Gasteiger partial charge in [0.05, 0.1) is 17.1 Å². The van der Waals surface area contributed by atoms with Gasteiger partial charge in [-0.15, -0.1) is 11.3 Å². The summed E-state index contributed by atoms with van der Waals surface area (Å²) in [6.07, 6.45) is 0.560. The Morgan fingerprint density at radius 1 is 1.12 bits per heavy atom. The van der Waals surface area contributed by atoms with Gasteiger partial charge in [0, 0.05) is 10.9 Å². The molecule has 0 amide bonds. The van der Waals surface area contributed by atoms with Crippen molar-refractivity contribution in [3.63, 3.8) is 0 Å². The van der Waals surface area contributed by atoms with Crippen LogP contribution in [0.3, 0.4) is 0 Å². The maximum atomic E-state index is 5.94. The van der Waals surface area contributed by atoms with Crippen LogP contribution in [0.5, 0.6) is 0 Å². The van der Waals surface area contributed by atoms with E-state index in [1.54, 1.807) is 18.3 Å². The van der Waals surface area contributed by atoms with E-state index >= 15 is 0 Å². The molecule has 84 valence electrons. The average molecular weight is 274 g/mol. The highest BCUT2D eigenvalue weighted by molar-refractivity contribution is 7.09. The molecule has 0 saturated heterocycles. The number of aromatic nitrogens is 3. The third-order valence-corrected chi connectivity index (χ3v) is 3.64. The highest BCUT2D eigenvalue weighted by atomic mass is 35.5. The van der Waals surface area contributed by atoms with Crippen molar-refractivity contribution in [3.8, 4) is 0 Å². The number of thiazole rings is 1. The van der Waals surface area contributed by atoms with E-state index in [-0.39, 0.29) is 0 Å². The van der Waals surface area contributed by atoms with Gasteiger partial charge in [-0.25, -0.2) is 15.0 Å². The quantitative estimate of drug-likeness (QED) is 0.787. The van der Waals surface area contributed by atoms with Crippen molar-refractivity contribution in [3.05, 3.63) is 37.8 Å². The Hall–Kier alpha value is -0.710. The summed E-state index contributed by atoms with van der Waals surface area (Å²) in [6.45, 7) is 3.76. The molecule has 2 rings (SSSR count). The van der Waals surface area contributed by atoms with E-state index < -0.39 is 0 Å². The Morgan fingerprint density at radius 2 is 1.75 bits per heavy atom. The Labute approximate surface area is 107 Å². The summed E-state index contributed by atoms with van der Waals surface area (Å²) in [5, 5.41) is 3.82. The molecule has 0 aliphatic rings. The van der Waals surface area contributed by atoms with E-state index in [4.69, 9.17) is 23.2 Å². The predicted octanol–water partition coefficient (Wildman–Crippen LogP) is 3.45. The van der Waals surface area contributed by atoms with Gasteiger partial charge in [-0.3, -0.25) is 0 Å². The maximum absolute atomic E-state index is 5.94. The fourth-order valence-electron chi connectivity index (χ4n) is 1.23. The first kappa shape index (κ1) is 11.8. The lowest BCUT2D eigenvalue weighted by Gasteiger charge is -2.02. The van der Waals surface area contributed by atoms with E-state index in [2.05, 4.69) is 15.0 Å². The summed E-state index contributed by atoms with van der Waals surface area (Å²) in [5.41, 5.74) is 1.65. The minimum atomic E-state index is 0.405. The van der Waals surface area contributed by atoms with Crippen LogP contribution >= 0.6 is 34.5 Å². The van der Waals surface area contributed by atoms with Gasteiger partial charge in [0.1, 0.15) is 16.1 Å². The van der Waals surface area contributed by atoms with E-state index in [0.717, 1.165) is 10.7 Å². The SMILES string of the molecule is Cc1nc(Cc2nc(Cl)c(C)c(Cl)n2)cs1. The zero-order chi connectivity index (χ0) is 11.7. The number of hydrogen-bond donors (Lipinski definition) is 0. The van der Waals surface area contributed by atoms with Gasteiger partial charge in [-0.05, 0) is 13.8 Å². The molecule has 0 spiro atoms. The molecule has 16 heavy (non-hydrogen) atoms. The summed E-state index contributed by atoms with van der Waals surface area (Å²) in [4.78, 5) is 12.7. The Morgan fingerprint density at radius 3 is 2.25 bits per heavy atom. The first-order chi connectivity index (χ1) is 7.56. The van der Waals surface area contributed by atoms with Crippen molar-refractivity contribution in [2.45, 2.75) is 20.3 Å². The Bertz CT molecular complexity index is 502. The zero-order valence-electron chi connectivity index (χ0n) is 8.79. The predicted molar refractivity (Wildman–Crippen MR) is 66.4 cm³/mol. The van der Waals surface area contributed by atoms with Crippen molar-refractivity contribution in [1.82, 2.24) is 15.0 Å². The summed E-state index contributed by atoms with van der Waals surface area (Å²) >= 11 is 13.5. The van der Waals surface area contributed by atoms with Crippen molar-refractivity contribution in [1.29, 1.82) is 0 Å². The van der Waals surface area contributed by atoms with E-state index in [9.17, 15) is 0 Å². The summed E-state index contributed by atoms with van der Waals surface area (Å²) in [5.74, 6) is 0.603. The number of nitrogens with zero attached hydrogens (tertiary/aromatic N) is 3. The molecule has 0 unspecified atom stereocenters. The molecule has 0 bridgehead atoms. The zero-order valence-corrected chi connectivity index (χ0v) is 11.1. The van der Waals surface area contributed by atoms with Crippen LogP contribution in [-0.4, -0.2) is 15.0 Å². The number of rotatable bonds is 2.